The maximum absolute atomic E-state index is 13.4. The quantitative estimate of drug-likeness (QED) is 0.194. The predicted molar refractivity (Wildman–Crippen MR) is 123 cm³/mol. The topological polar surface area (TPSA) is 78.7 Å². The van der Waals surface area contributed by atoms with Crippen LogP contribution in [0.15, 0.2) is 12.1 Å². The molecule has 1 aromatic carbocycles. The molecule has 4 atom stereocenters. The molecule has 0 saturated heterocycles. The number of rotatable bonds is 5. The fourth-order valence-corrected chi connectivity index (χ4v) is 6.22. The number of nitro groups is 1. The van der Waals surface area contributed by atoms with E-state index in [4.69, 9.17) is 9.47 Å². The molecule has 166 valence electrons. The predicted octanol–water partition coefficient (Wildman–Crippen LogP) is 6.30. The number of hydrogen-bond donors (Lipinski definition) is 0. The lowest BCUT2D eigenvalue weighted by molar-refractivity contribution is -0.386. The average molecular weight is 529 g/mol. The van der Waals surface area contributed by atoms with Gasteiger partial charge in [0.05, 0.1) is 27.1 Å². The Bertz CT molecular complexity index is 875. The van der Waals surface area contributed by atoms with Crippen molar-refractivity contribution in [2.75, 3.05) is 7.11 Å². The lowest BCUT2D eigenvalue weighted by atomic mass is 9.66. The molecule has 0 aliphatic heterocycles. The minimum Gasteiger partial charge on any atom is -0.496 e. The summed E-state index contributed by atoms with van der Waals surface area (Å²) in [6, 6.07) is 3.14. The zero-order valence-corrected chi connectivity index (χ0v) is 21.0. The molecule has 30 heavy (non-hydrogen) atoms. The molecule has 2 aliphatic carbocycles. The minimum atomic E-state index is -0.748. The molecular formula is C23H32INO5. The first-order valence-corrected chi connectivity index (χ1v) is 11.5. The van der Waals surface area contributed by atoms with Crippen molar-refractivity contribution in [1.29, 1.82) is 0 Å². The molecule has 7 heteroatoms. The van der Waals surface area contributed by atoms with Crippen LogP contribution in [0.1, 0.15) is 72.5 Å². The summed E-state index contributed by atoms with van der Waals surface area (Å²) in [5.74, 6) is 0.635. The Labute approximate surface area is 192 Å². The van der Waals surface area contributed by atoms with Gasteiger partial charge in [-0.15, -0.1) is 0 Å². The summed E-state index contributed by atoms with van der Waals surface area (Å²) in [5.41, 5.74) is -0.205. The number of methoxy groups -OCH3 is 1. The summed E-state index contributed by atoms with van der Waals surface area (Å²) in [4.78, 5) is 24.8. The Balaban J connectivity index is 2.00. The smallest absolute Gasteiger partial charge is 0.310 e. The Hall–Kier alpha value is -1.38. The van der Waals surface area contributed by atoms with Gasteiger partial charge in [-0.2, -0.15) is 0 Å². The lowest BCUT2D eigenvalue weighted by Crippen LogP contribution is -2.38. The molecule has 2 fully saturated rings. The second kappa shape index (κ2) is 7.64. The van der Waals surface area contributed by atoms with Crippen LogP contribution in [0, 0.1) is 41.8 Å². The van der Waals surface area contributed by atoms with E-state index in [1.165, 1.54) is 13.2 Å². The number of halogens is 1. The SMILES string of the molecule is COc1cc([C@@H](OC(=O)C2CC3CC[C@]2(C)C3(C)C)C(C)(C)C)c([N+](=O)[O-])cc1I. The van der Waals surface area contributed by atoms with Gasteiger partial charge in [0.15, 0.2) is 0 Å². The van der Waals surface area contributed by atoms with E-state index in [0.29, 0.717) is 20.8 Å². The van der Waals surface area contributed by atoms with Crippen molar-refractivity contribution >= 4 is 34.2 Å². The van der Waals surface area contributed by atoms with E-state index < -0.39 is 16.4 Å². The lowest BCUT2D eigenvalue weighted by Gasteiger charge is -2.39. The van der Waals surface area contributed by atoms with Gasteiger partial charge in [0.2, 0.25) is 0 Å². The van der Waals surface area contributed by atoms with Gasteiger partial charge in [-0.05, 0) is 64.7 Å². The zero-order valence-electron chi connectivity index (χ0n) is 18.9. The maximum Gasteiger partial charge on any atom is 0.310 e. The van der Waals surface area contributed by atoms with Crippen LogP contribution < -0.4 is 4.74 Å². The first-order chi connectivity index (χ1) is 13.7. The van der Waals surface area contributed by atoms with Gasteiger partial charge in [0, 0.05) is 11.5 Å². The van der Waals surface area contributed by atoms with Gasteiger partial charge in [-0.25, -0.2) is 0 Å². The van der Waals surface area contributed by atoms with Gasteiger partial charge < -0.3 is 9.47 Å². The molecule has 1 aromatic rings. The number of esters is 1. The molecule has 2 unspecified atom stereocenters. The number of carbonyl (C=O) groups is 1. The van der Waals surface area contributed by atoms with Crippen LogP contribution in [-0.2, 0) is 9.53 Å². The standard InChI is InChI=1S/C23H32INO5/c1-21(2,3)19(14-11-18(29-7)16(24)12-17(14)25(27)28)30-20(26)15-10-13-8-9-23(15,6)22(13,4)5/h11-13,15,19H,8-10H2,1-7H3/t13?,15?,19-,23+/m1/s1. The number of benzene rings is 1. The molecule has 0 N–H and O–H groups in total. The Morgan fingerprint density at radius 1 is 1.30 bits per heavy atom. The first-order valence-electron chi connectivity index (χ1n) is 10.5. The van der Waals surface area contributed by atoms with Crippen LogP contribution in [0.3, 0.4) is 0 Å². The van der Waals surface area contributed by atoms with E-state index in [1.54, 1.807) is 6.07 Å². The van der Waals surface area contributed by atoms with Gasteiger partial charge in [-0.3, -0.25) is 14.9 Å². The molecule has 3 rings (SSSR count). The van der Waals surface area contributed by atoms with Gasteiger partial charge >= 0.3 is 5.97 Å². The summed E-state index contributed by atoms with van der Waals surface area (Å²) >= 11 is 2.02. The van der Waals surface area contributed by atoms with Crippen molar-refractivity contribution in [2.24, 2.45) is 28.1 Å². The molecule has 2 saturated carbocycles. The highest BCUT2D eigenvalue weighted by molar-refractivity contribution is 14.1. The normalized spacial score (nSPS) is 28.3. The highest BCUT2D eigenvalue weighted by Gasteiger charge is 2.64. The fraction of sp³-hybridized carbons (Fsp3) is 0.696. The number of nitrogens with zero attached hydrogens (tertiary/aromatic N) is 1. The van der Waals surface area contributed by atoms with Crippen LogP contribution in [0.4, 0.5) is 5.69 Å². The van der Waals surface area contributed by atoms with Gasteiger partial charge in [0.1, 0.15) is 11.9 Å². The molecule has 0 radical (unpaired) electrons. The van der Waals surface area contributed by atoms with E-state index in [-0.39, 0.29) is 28.4 Å². The Morgan fingerprint density at radius 3 is 2.37 bits per heavy atom. The Kier molecular flexibility index (Phi) is 5.93. The van der Waals surface area contributed by atoms with Gasteiger partial charge in [-0.1, -0.05) is 41.5 Å². The summed E-state index contributed by atoms with van der Waals surface area (Å²) in [6.07, 6.45) is 2.25. The minimum absolute atomic E-state index is 0.0487. The number of carbonyl (C=O) groups excluding carboxylic acids is 1. The van der Waals surface area contributed by atoms with Crippen molar-refractivity contribution in [2.45, 2.75) is 66.9 Å². The van der Waals surface area contributed by atoms with Gasteiger partial charge in [0.25, 0.3) is 5.69 Å². The average Bonchev–Trinajstić information content (AvgIpc) is 2.98. The highest BCUT2D eigenvalue weighted by Crippen LogP contribution is 2.68. The zero-order chi connectivity index (χ0) is 22.6. The van der Waals surface area contributed by atoms with Crippen LogP contribution in [-0.4, -0.2) is 18.0 Å². The monoisotopic (exact) mass is 529 g/mol. The molecule has 0 amide bonds. The molecular weight excluding hydrogens is 497 g/mol. The van der Waals surface area contributed by atoms with Crippen LogP contribution in [0.5, 0.6) is 5.75 Å². The summed E-state index contributed by atoms with van der Waals surface area (Å²) < 4.78 is 12.2. The second-order valence-corrected chi connectivity index (χ2v) is 11.8. The third kappa shape index (κ3) is 3.60. The molecule has 2 bridgehead atoms. The van der Waals surface area contributed by atoms with E-state index in [9.17, 15) is 14.9 Å². The van der Waals surface area contributed by atoms with E-state index in [2.05, 4.69) is 20.8 Å². The van der Waals surface area contributed by atoms with Crippen LogP contribution in [0.2, 0.25) is 0 Å². The summed E-state index contributed by atoms with van der Waals surface area (Å²) in [6.45, 7) is 12.5. The van der Waals surface area contributed by atoms with Crippen molar-refractivity contribution in [3.05, 3.63) is 31.4 Å². The number of ether oxygens (including phenoxy) is 2. The number of fused-ring (bicyclic) bond motifs is 2. The molecule has 2 aliphatic rings. The van der Waals surface area contributed by atoms with E-state index in [1.807, 2.05) is 43.4 Å². The maximum atomic E-state index is 13.4. The first kappa shape index (κ1) is 23.3. The second-order valence-electron chi connectivity index (χ2n) is 10.6. The van der Waals surface area contributed by atoms with Crippen LogP contribution >= 0.6 is 22.6 Å². The number of nitro benzene ring substituents is 1. The molecule has 0 aromatic heterocycles. The molecule has 0 spiro atoms. The number of hydrogen-bond acceptors (Lipinski definition) is 5. The fourth-order valence-electron chi connectivity index (χ4n) is 5.55. The van der Waals surface area contributed by atoms with Crippen LogP contribution in [0.25, 0.3) is 0 Å². The van der Waals surface area contributed by atoms with E-state index >= 15 is 0 Å². The summed E-state index contributed by atoms with van der Waals surface area (Å²) in [5, 5.41) is 11.8. The molecule has 6 nitrogen and oxygen atoms in total. The van der Waals surface area contributed by atoms with Crippen molar-refractivity contribution in [3.63, 3.8) is 0 Å². The molecule has 0 heterocycles. The summed E-state index contributed by atoms with van der Waals surface area (Å²) in [7, 11) is 1.53. The largest absolute Gasteiger partial charge is 0.496 e. The third-order valence-electron chi connectivity index (χ3n) is 7.88. The van der Waals surface area contributed by atoms with Crippen molar-refractivity contribution in [1.82, 2.24) is 0 Å². The third-order valence-corrected chi connectivity index (χ3v) is 8.72. The van der Waals surface area contributed by atoms with E-state index in [0.717, 1.165) is 19.3 Å². The van der Waals surface area contributed by atoms with Crippen molar-refractivity contribution in [3.8, 4) is 5.75 Å². The van der Waals surface area contributed by atoms with Crippen molar-refractivity contribution < 1.29 is 19.2 Å². The Morgan fingerprint density at radius 2 is 1.93 bits per heavy atom. The highest BCUT2D eigenvalue weighted by atomic mass is 127.